The van der Waals surface area contributed by atoms with E-state index in [0.717, 1.165) is 32.4 Å². The van der Waals surface area contributed by atoms with Crippen molar-refractivity contribution in [3.05, 3.63) is 12.1 Å². The molecule has 0 saturated carbocycles. The number of nitrogens with zero attached hydrogens (tertiary/aromatic N) is 1. The molecule has 148 valence electrons. The Hall–Kier alpha value is -2.11. The van der Waals surface area contributed by atoms with Gasteiger partial charge in [0.05, 0.1) is 25.5 Å². The number of unbranched alkanes of at least 4 members (excludes halogenated alkanes) is 1. The molecule has 0 saturated heterocycles. The van der Waals surface area contributed by atoms with Gasteiger partial charge in [-0.3, -0.25) is 0 Å². The molecule has 0 fully saturated rings. The van der Waals surface area contributed by atoms with Gasteiger partial charge in [0, 0.05) is 25.2 Å². The largest absolute Gasteiger partial charge is 0.490 e. The van der Waals surface area contributed by atoms with E-state index in [1.54, 1.807) is 12.1 Å². The van der Waals surface area contributed by atoms with Gasteiger partial charge in [-0.25, -0.2) is 4.79 Å². The van der Waals surface area contributed by atoms with E-state index in [4.69, 9.17) is 14.2 Å². The van der Waals surface area contributed by atoms with Gasteiger partial charge in [0.25, 0.3) is 0 Å². The molecule has 6 nitrogen and oxygen atoms in total. The van der Waals surface area contributed by atoms with Crippen LogP contribution in [0.3, 0.4) is 0 Å². The van der Waals surface area contributed by atoms with E-state index in [9.17, 15) is 4.79 Å². The number of carbonyl (C=O) groups is 1. The maximum Gasteiger partial charge on any atom is 0.321 e. The Balaban J connectivity index is 3.07. The van der Waals surface area contributed by atoms with Gasteiger partial charge < -0.3 is 24.4 Å². The lowest BCUT2D eigenvalue weighted by Gasteiger charge is -2.23. The van der Waals surface area contributed by atoms with E-state index in [-0.39, 0.29) is 6.03 Å². The summed E-state index contributed by atoms with van der Waals surface area (Å²) in [6.45, 7) is 12.9. The number of carbonyl (C=O) groups excluding carboxylic acids is 1. The fourth-order valence-electron chi connectivity index (χ4n) is 2.60. The van der Waals surface area contributed by atoms with Crippen molar-refractivity contribution in [3.8, 4) is 17.2 Å². The van der Waals surface area contributed by atoms with Gasteiger partial charge in [-0.05, 0) is 33.6 Å². The van der Waals surface area contributed by atoms with Crippen molar-refractivity contribution in [2.24, 2.45) is 0 Å². The summed E-state index contributed by atoms with van der Waals surface area (Å²) in [5.74, 6) is 1.72. The summed E-state index contributed by atoms with van der Waals surface area (Å²) in [4.78, 5) is 14.5. The van der Waals surface area contributed by atoms with E-state index in [2.05, 4.69) is 19.2 Å². The first-order chi connectivity index (χ1) is 12.6. The van der Waals surface area contributed by atoms with Crippen LogP contribution in [0.2, 0.25) is 0 Å². The molecule has 1 rings (SSSR count). The Bertz CT molecular complexity index is 522. The smallest absolute Gasteiger partial charge is 0.321 e. The van der Waals surface area contributed by atoms with Crippen LogP contribution in [0, 0.1) is 0 Å². The maximum atomic E-state index is 12.7. The average molecular weight is 367 g/mol. The molecule has 0 aliphatic carbocycles. The molecular weight excluding hydrogens is 332 g/mol. The first-order valence-corrected chi connectivity index (χ1v) is 9.73. The highest BCUT2D eigenvalue weighted by molar-refractivity contribution is 5.90. The molecule has 0 aliphatic heterocycles. The van der Waals surface area contributed by atoms with Crippen molar-refractivity contribution in [1.82, 2.24) is 4.90 Å². The molecule has 0 spiro atoms. The summed E-state index contributed by atoms with van der Waals surface area (Å²) in [5, 5.41) is 2.97. The number of anilines is 1. The number of rotatable bonds is 12. The molecule has 26 heavy (non-hydrogen) atoms. The molecule has 1 N–H and O–H groups in total. The summed E-state index contributed by atoms with van der Waals surface area (Å²) >= 11 is 0. The van der Waals surface area contributed by atoms with Crippen molar-refractivity contribution in [1.29, 1.82) is 0 Å². The normalized spacial score (nSPS) is 10.3. The van der Waals surface area contributed by atoms with Crippen LogP contribution in [0.1, 0.15) is 53.9 Å². The average Bonchev–Trinajstić information content (AvgIpc) is 2.61. The number of benzene rings is 1. The van der Waals surface area contributed by atoms with Gasteiger partial charge >= 0.3 is 6.03 Å². The lowest BCUT2D eigenvalue weighted by atomic mass is 10.2. The van der Waals surface area contributed by atoms with Crippen molar-refractivity contribution < 1.29 is 19.0 Å². The number of hydrogen-bond donors (Lipinski definition) is 1. The molecule has 1 aromatic carbocycles. The molecule has 0 aliphatic rings. The molecule has 0 aromatic heterocycles. The lowest BCUT2D eigenvalue weighted by Crippen LogP contribution is -2.36. The Morgan fingerprint density at radius 2 is 1.46 bits per heavy atom. The summed E-state index contributed by atoms with van der Waals surface area (Å²) in [6, 6.07) is 3.48. The molecule has 0 unspecified atom stereocenters. The van der Waals surface area contributed by atoms with Crippen LogP contribution in [0.5, 0.6) is 17.2 Å². The Morgan fingerprint density at radius 3 is 1.92 bits per heavy atom. The molecule has 0 radical (unpaired) electrons. The van der Waals surface area contributed by atoms with Gasteiger partial charge in [0.2, 0.25) is 5.75 Å². The van der Waals surface area contributed by atoms with Crippen LogP contribution in [0.25, 0.3) is 0 Å². The summed E-state index contributed by atoms with van der Waals surface area (Å²) in [7, 11) is 0. The summed E-state index contributed by atoms with van der Waals surface area (Å²) < 4.78 is 17.1. The monoisotopic (exact) mass is 366 g/mol. The molecular formula is C20H34N2O4. The minimum atomic E-state index is -0.102. The summed E-state index contributed by atoms with van der Waals surface area (Å²) in [5.41, 5.74) is 0.642. The Labute approximate surface area is 157 Å². The SMILES string of the molecule is CCCCN(CCC)C(=O)Nc1cc(OCC)c(OCC)c(OCC)c1. The second-order valence-electron chi connectivity index (χ2n) is 5.87. The fourth-order valence-corrected chi connectivity index (χ4v) is 2.60. The minimum absolute atomic E-state index is 0.102. The summed E-state index contributed by atoms with van der Waals surface area (Å²) in [6.07, 6.45) is 2.97. The Kier molecular flexibility index (Phi) is 10.4. The number of nitrogens with one attached hydrogen (secondary N) is 1. The number of hydrogen-bond acceptors (Lipinski definition) is 4. The molecule has 6 heteroatoms. The van der Waals surface area contributed by atoms with Gasteiger partial charge in [-0.1, -0.05) is 20.3 Å². The predicted molar refractivity (Wildman–Crippen MR) is 106 cm³/mol. The molecule has 0 atom stereocenters. The van der Waals surface area contributed by atoms with Gasteiger partial charge in [-0.2, -0.15) is 0 Å². The van der Waals surface area contributed by atoms with E-state index >= 15 is 0 Å². The fraction of sp³-hybridized carbons (Fsp3) is 0.650. The second kappa shape index (κ2) is 12.3. The first-order valence-electron chi connectivity index (χ1n) is 9.73. The maximum absolute atomic E-state index is 12.7. The first kappa shape index (κ1) is 21.9. The Morgan fingerprint density at radius 1 is 0.885 bits per heavy atom. The lowest BCUT2D eigenvalue weighted by molar-refractivity contribution is 0.210. The van der Waals surface area contributed by atoms with E-state index in [1.165, 1.54) is 0 Å². The van der Waals surface area contributed by atoms with Crippen LogP contribution in [-0.4, -0.2) is 43.8 Å². The van der Waals surface area contributed by atoms with Crippen LogP contribution in [0.4, 0.5) is 10.5 Å². The molecule has 0 heterocycles. The zero-order valence-corrected chi connectivity index (χ0v) is 16.9. The predicted octanol–water partition coefficient (Wildman–Crippen LogP) is 4.93. The van der Waals surface area contributed by atoms with E-state index in [1.807, 2.05) is 25.7 Å². The van der Waals surface area contributed by atoms with E-state index in [0.29, 0.717) is 42.8 Å². The number of urea groups is 1. The standard InChI is InChI=1S/C20H34N2O4/c1-6-11-13-22(12-7-2)20(23)21-16-14-17(24-8-3)19(26-10-5)18(15-16)25-9-4/h14-15H,6-13H2,1-5H3,(H,21,23). The highest BCUT2D eigenvalue weighted by Crippen LogP contribution is 2.40. The third-order valence-electron chi connectivity index (χ3n) is 3.72. The van der Waals surface area contributed by atoms with Crippen LogP contribution in [-0.2, 0) is 0 Å². The van der Waals surface area contributed by atoms with E-state index < -0.39 is 0 Å². The van der Waals surface area contributed by atoms with Crippen LogP contribution < -0.4 is 19.5 Å². The van der Waals surface area contributed by atoms with Crippen LogP contribution in [0.15, 0.2) is 12.1 Å². The van der Waals surface area contributed by atoms with Crippen molar-refractivity contribution >= 4 is 11.7 Å². The molecule has 0 bridgehead atoms. The van der Waals surface area contributed by atoms with Gasteiger partial charge in [0.15, 0.2) is 11.5 Å². The van der Waals surface area contributed by atoms with Crippen LogP contribution >= 0.6 is 0 Å². The topological polar surface area (TPSA) is 60.0 Å². The number of amides is 2. The van der Waals surface area contributed by atoms with Gasteiger partial charge in [0.1, 0.15) is 0 Å². The van der Waals surface area contributed by atoms with Crippen molar-refractivity contribution in [2.45, 2.75) is 53.9 Å². The third kappa shape index (κ3) is 6.65. The second-order valence-corrected chi connectivity index (χ2v) is 5.87. The van der Waals surface area contributed by atoms with Gasteiger partial charge in [-0.15, -0.1) is 0 Å². The zero-order valence-electron chi connectivity index (χ0n) is 16.9. The quantitative estimate of drug-likeness (QED) is 0.570. The third-order valence-corrected chi connectivity index (χ3v) is 3.72. The highest BCUT2D eigenvalue weighted by atomic mass is 16.5. The minimum Gasteiger partial charge on any atom is -0.490 e. The number of ether oxygens (including phenoxy) is 3. The molecule has 1 aromatic rings. The highest BCUT2D eigenvalue weighted by Gasteiger charge is 2.18. The van der Waals surface area contributed by atoms with Crippen molar-refractivity contribution in [2.75, 3.05) is 38.2 Å². The molecule has 2 amide bonds. The zero-order chi connectivity index (χ0) is 19.4. The van der Waals surface area contributed by atoms with Crippen molar-refractivity contribution in [3.63, 3.8) is 0 Å².